The van der Waals surface area contributed by atoms with Crippen molar-refractivity contribution in [1.82, 2.24) is 5.32 Å². The van der Waals surface area contributed by atoms with Gasteiger partial charge in [0.25, 0.3) is 0 Å². The first-order valence-corrected chi connectivity index (χ1v) is 6.07. The molecule has 1 unspecified atom stereocenters. The van der Waals surface area contributed by atoms with Crippen molar-refractivity contribution in [1.29, 1.82) is 0 Å². The van der Waals surface area contributed by atoms with Crippen molar-refractivity contribution >= 4 is 0 Å². The Kier molecular flexibility index (Phi) is 3.47. The van der Waals surface area contributed by atoms with Crippen molar-refractivity contribution in [2.45, 2.75) is 51.6 Å². The Labute approximate surface area is 92.1 Å². The van der Waals surface area contributed by atoms with Gasteiger partial charge in [0, 0.05) is 6.04 Å². The maximum Gasteiger partial charge on any atom is 0.120 e. The van der Waals surface area contributed by atoms with E-state index < -0.39 is 0 Å². The standard InChI is InChI=1S/C13H21NO/c1-10(12-6-3-4-7-12)14-11(2)13-8-5-9-15-13/h5,8-12,14H,3-4,6-7H2,1-2H3/t10?,11-/m1/s1. The molecule has 1 heterocycles. The van der Waals surface area contributed by atoms with Gasteiger partial charge in [-0.05, 0) is 44.7 Å². The largest absolute Gasteiger partial charge is 0.468 e. The van der Waals surface area contributed by atoms with Crippen LogP contribution in [0.1, 0.15) is 51.3 Å². The molecule has 2 heteroatoms. The van der Waals surface area contributed by atoms with Gasteiger partial charge in [-0.15, -0.1) is 0 Å². The molecule has 1 aliphatic rings. The molecule has 1 saturated carbocycles. The molecule has 0 bridgehead atoms. The van der Waals surface area contributed by atoms with Crippen LogP contribution in [-0.4, -0.2) is 6.04 Å². The molecule has 1 N–H and O–H groups in total. The van der Waals surface area contributed by atoms with Crippen LogP contribution in [0.3, 0.4) is 0 Å². The van der Waals surface area contributed by atoms with Gasteiger partial charge in [0.05, 0.1) is 12.3 Å². The summed E-state index contributed by atoms with van der Waals surface area (Å²) in [6.07, 6.45) is 7.34. The third kappa shape index (κ3) is 2.63. The Morgan fingerprint density at radius 3 is 2.67 bits per heavy atom. The lowest BCUT2D eigenvalue weighted by atomic mass is 9.99. The fraction of sp³-hybridized carbons (Fsp3) is 0.692. The maximum atomic E-state index is 5.40. The fourth-order valence-corrected chi connectivity index (χ4v) is 2.61. The second-order valence-corrected chi connectivity index (χ2v) is 4.74. The summed E-state index contributed by atoms with van der Waals surface area (Å²) in [5.41, 5.74) is 0. The van der Waals surface area contributed by atoms with Gasteiger partial charge in [-0.2, -0.15) is 0 Å². The topological polar surface area (TPSA) is 25.2 Å². The van der Waals surface area contributed by atoms with Crippen LogP contribution in [0.2, 0.25) is 0 Å². The molecule has 0 radical (unpaired) electrons. The third-order valence-electron chi connectivity index (χ3n) is 3.59. The number of hydrogen-bond donors (Lipinski definition) is 1. The van der Waals surface area contributed by atoms with E-state index in [1.54, 1.807) is 6.26 Å². The number of furan rings is 1. The molecular formula is C13H21NO. The lowest BCUT2D eigenvalue weighted by molar-refractivity contribution is 0.327. The first-order valence-electron chi connectivity index (χ1n) is 6.07. The van der Waals surface area contributed by atoms with E-state index >= 15 is 0 Å². The van der Waals surface area contributed by atoms with Crippen LogP contribution < -0.4 is 5.32 Å². The quantitative estimate of drug-likeness (QED) is 0.817. The summed E-state index contributed by atoms with van der Waals surface area (Å²) in [6.45, 7) is 4.47. The minimum absolute atomic E-state index is 0.329. The van der Waals surface area contributed by atoms with Gasteiger partial charge in [-0.25, -0.2) is 0 Å². The summed E-state index contributed by atoms with van der Waals surface area (Å²) in [5, 5.41) is 3.63. The van der Waals surface area contributed by atoms with Gasteiger partial charge < -0.3 is 9.73 Å². The number of nitrogens with one attached hydrogen (secondary N) is 1. The summed E-state index contributed by atoms with van der Waals surface area (Å²) in [6, 6.07) is 4.93. The van der Waals surface area contributed by atoms with Crippen LogP contribution in [0.25, 0.3) is 0 Å². The van der Waals surface area contributed by atoms with Crippen LogP contribution in [0.4, 0.5) is 0 Å². The van der Waals surface area contributed by atoms with Crippen molar-refractivity contribution in [2.24, 2.45) is 5.92 Å². The smallest absolute Gasteiger partial charge is 0.120 e. The van der Waals surface area contributed by atoms with Crippen molar-refractivity contribution in [3.8, 4) is 0 Å². The highest BCUT2D eigenvalue weighted by molar-refractivity contribution is 5.03. The zero-order valence-electron chi connectivity index (χ0n) is 9.70. The minimum Gasteiger partial charge on any atom is -0.468 e. The molecule has 1 aliphatic carbocycles. The third-order valence-corrected chi connectivity index (χ3v) is 3.59. The average Bonchev–Trinajstić information content (AvgIpc) is 2.91. The van der Waals surface area contributed by atoms with E-state index in [4.69, 9.17) is 4.42 Å². The summed E-state index contributed by atoms with van der Waals surface area (Å²) < 4.78 is 5.40. The van der Waals surface area contributed by atoms with Crippen molar-refractivity contribution in [3.63, 3.8) is 0 Å². The Morgan fingerprint density at radius 1 is 1.33 bits per heavy atom. The lowest BCUT2D eigenvalue weighted by Crippen LogP contribution is -2.34. The molecule has 0 aliphatic heterocycles. The van der Waals surface area contributed by atoms with Crippen LogP contribution in [-0.2, 0) is 0 Å². The molecule has 1 fully saturated rings. The van der Waals surface area contributed by atoms with E-state index in [1.165, 1.54) is 25.7 Å². The Balaban J connectivity index is 1.85. The first kappa shape index (κ1) is 10.7. The molecule has 15 heavy (non-hydrogen) atoms. The molecule has 1 aromatic rings. The van der Waals surface area contributed by atoms with E-state index in [-0.39, 0.29) is 0 Å². The minimum atomic E-state index is 0.329. The molecule has 0 aromatic carbocycles. The SMILES string of the molecule is CC(N[C@H](C)c1ccco1)C1CCCC1. The Bertz CT molecular complexity index is 275. The Morgan fingerprint density at radius 2 is 2.07 bits per heavy atom. The van der Waals surface area contributed by atoms with E-state index in [0.717, 1.165) is 11.7 Å². The van der Waals surface area contributed by atoms with Crippen LogP contribution in [0.15, 0.2) is 22.8 Å². The highest BCUT2D eigenvalue weighted by Gasteiger charge is 2.23. The van der Waals surface area contributed by atoms with Gasteiger partial charge in [0.2, 0.25) is 0 Å². The Hall–Kier alpha value is -0.760. The predicted molar refractivity (Wildman–Crippen MR) is 61.7 cm³/mol. The van der Waals surface area contributed by atoms with Gasteiger partial charge >= 0.3 is 0 Å². The summed E-state index contributed by atoms with van der Waals surface area (Å²) >= 11 is 0. The summed E-state index contributed by atoms with van der Waals surface area (Å²) in [7, 11) is 0. The highest BCUT2D eigenvalue weighted by Crippen LogP contribution is 2.28. The van der Waals surface area contributed by atoms with E-state index in [2.05, 4.69) is 19.2 Å². The molecular weight excluding hydrogens is 186 g/mol. The van der Waals surface area contributed by atoms with E-state index in [9.17, 15) is 0 Å². The van der Waals surface area contributed by atoms with Gasteiger partial charge in [-0.1, -0.05) is 12.8 Å². The maximum absolute atomic E-state index is 5.40. The second kappa shape index (κ2) is 4.84. The van der Waals surface area contributed by atoms with Crippen LogP contribution in [0.5, 0.6) is 0 Å². The van der Waals surface area contributed by atoms with Crippen molar-refractivity contribution in [3.05, 3.63) is 24.2 Å². The van der Waals surface area contributed by atoms with Gasteiger partial charge in [-0.3, -0.25) is 0 Å². The number of hydrogen-bond acceptors (Lipinski definition) is 2. The predicted octanol–water partition coefficient (Wildman–Crippen LogP) is 3.51. The fourth-order valence-electron chi connectivity index (χ4n) is 2.61. The van der Waals surface area contributed by atoms with Gasteiger partial charge in [0.1, 0.15) is 5.76 Å². The average molecular weight is 207 g/mol. The molecule has 1 aromatic heterocycles. The molecule has 0 amide bonds. The summed E-state index contributed by atoms with van der Waals surface area (Å²) in [4.78, 5) is 0. The molecule has 2 atom stereocenters. The van der Waals surface area contributed by atoms with Crippen LogP contribution >= 0.6 is 0 Å². The van der Waals surface area contributed by atoms with Crippen LogP contribution in [0, 0.1) is 5.92 Å². The summed E-state index contributed by atoms with van der Waals surface area (Å²) in [5.74, 6) is 1.90. The van der Waals surface area contributed by atoms with E-state index in [0.29, 0.717) is 12.1 Å². The normalized spacial score (nSPS) is 21.7. The van der Waals surface area contributed by atoms with E-state index in [1.807, 2.05) is 12.1 Å². The molecule has 0 saturated heterocycles. The first-order chi connectivity index (χ1) is 7.27. The zero-order valence-corrected chi connectivity index (χ0v) is 9.70. The van der Waals surface area contributed by atoms with Gasteiger partial charge in [0.15, 0.2) is 0 Å². The molecule has 0 spiro atoms. The second-order valence-electron chi connectivity index (χ2n) is 4.74. The molecule has 2 rings (SSSR count). The highest BCUT2D eigenvalue weighted by atomic mass is 16.3. The molecule has 84 valence electrons. The lowest BCUT2D eigenvalue weighted by Gasteiger charge is -2.23. The van der Waals surface area contributed by atoms with Crippen molar-refractivity contribution < 1.29 is 4.42 Å². The number of rotatable bonds is 4. The monoisotopic (exact) mass is 207 g/mol. The van der Waals surface area contributed by atoms with Crippen molar-refractivity contribution in [2.75, 3.05) is 0 Å². The molecule has 2 nitrogen and oxygen atoms in total. The zero-order chi connectivity index (χ0) is 10.7.